The highest BCUT2D eigenvalue weighted by Gasteiger charge is 2.29. The van der Waals surface area contributed by atoms with E-state index in [9.17, 15) is 4.79 Å². The van der Waals surface area contributed by atoms with Gasteiger partial charge in [-0.15, -0.1) is 10.2 Å². The Labute approximate surface area is 155 Å². The van der Waals surface area contributed by atoms with E-state index in [1.165, 1.54) is 11.8 Å². The Hall–Kier alpha value is -2.93. The van der Waals surface area contributed by atoms with Crippen LogP contribution in [0.1, 0.15) is 17.3 Å². The number of ketones is 1. The van der Waals surface area contributed by atoms with E-state index in [1.807, 2.05) is 49.4 Å². The van der Waals surface area contributed by atoms with Gasteiger partial charge in [0.15, 0.2) is 5.69 Å². The molecule has 130 valence electrons. The molecular formula is C19H16N4O2S. The van der Waals surface area contributed by atoms with E-state index in [2.05, 4.69) is 20.5 Å². The van der Waals surface area contributed by atoms with E-state index in [-0.39, 0.29) is 5.78 Å². The molecule has 26 heavy (non-hydrogen) atoms. The molecule has 0 saturated heterocycles. The maximum Gasteiger partial charge on any atom is 0.247 e. The zero-order chi connectivity index (χ0) is 17.9. The van der Waals surface area contributed by atoms with Crippen LogP contribution < -0.4 is 10.1 Å². The molecule has 0 spiro atoms. The van der Waals surface area contributed by atoms with E-state index in [0.29, 0.717) is 22.3 Å². The second-order valence-corrected chi connectivity index (χ2v) is 6.83. The molecule has 0 amide bonds. The van der Waals surface area contributed by atoms with Crippen LogP contribution in [0, 0.1) is 0 Å². The first-order valence-electron chi connectivity index (χ1n) is 8.25. The third kappa shape index (κ3) is 3.13. The third-order valence-corrected chi connectivity index (χ3v) is 4.62. The molecule has 1 N–H and O–H groups in total. The van der Waals surface area contributed by atoms with Gasteiger partial charge in [0, 0.05) is 16.8 Å². The number of para-hydroxylation sites is 1. The normalized spacial score (nSPS) is 15.0. The Morgan fingerprint density at radius 1 is 1.12 bits per heavy atom. The summed E-state index contributed by atoms with van der Waals surface area (Å²) in [6, 6.07) is 16.6. The quantitative estimate of drug-likeness (QED) is 0.559. The number of benzene rings is 2. The summed E-state index contributed by atoms with van der Waals surface area (Å²) in [5.41, 5.74) is 2.65. The van der Waals surface area contributed by atoms with Gasteiger partial charge < -0.3 is 10.1 Å². The molecule has 1 aliphatic rings. The zero-order valence-electron chi connectivity index (χ0n) is 14.0. The van der Waals surface area contributed by atoms with Crippen molar-refractivity contribution in [2.45, 2.75) is 18.3 Å². The van der Waals surface area contributed by atoms with Crippen LogP contribution in [0.2, 0.25) is 0 Å². The number of fused-ring (bicyclic) bond motifs is 3. The van der Waals surface area contributed by atoms with Gasteiger partial charge in [-0.25, -0.2) is 0 Å². The predicted molar refractivity (Wildman–Crippen MR) is 100 cm³/mol. The van der Waals surface area contributed by atoms with Crippen LogP contribution in [0.5, 0.6) is 5.88 Å². The molecule has 0 aliphatic carbocycles. The van der Waals surface area contributed by atoms with Crippen LogP contribution in [0.25, 0.3) is 11.3 Å². The Balaban J connectivity index is 1.79. The van der Waals surface area contributed by atoms with Crippen molar-refractivity contribution in [2.75, 3.05) is 11.1 Å². The van der Waals surface area contributed by atoms with Crippen molar-refractivity contribution in [3.05, 3.63) is 60.2 Å². The first kappa shape index (κ1) is 16.5. The summed E-state index contributed by atoms with van der Waals surface area (Å²) < 4.78 is 5.96. The van der Waals surface area contributed by atoms with Gasteiger partial charge in [-0.3, -0.25) is 4.79 Å². The Kier molecular flexibility index (Phi) is 4.53. The minimum atomic E-state index is -0.893. The molecule has 2 aromatic carbocycles. The fraction of sp³-hybridized carbons (Fsp3) is 0.158. The average Bonchev–Trinajstić information content (AvgIpc) is 2.85. The van der Waals surface area contributed by atoms with Gasteiger partial charge >= 0.3 is 0 Å². The predicted octanol–water partition coefficient (Wildman–Crippen LogP) is 3.66. The third-order valence-electron chi connectivity index (χ3n) is 3.90. The number of Topliss-reactive ketones (excluding diaryl/α,β-unsaturated/α-hetero) is 1. The lowest BCUT2D eigenvalue weighted by molar-refractivity contribution is 0.0823. The molecule has 0 saturated carbocycles. The molecule has 0 fully saturated rings. The minimum Gasteiger partial charge on any atom is -0.444 e. The topological polar surface area (TPSA) is 77.0 Å². The highest BCUT2D eigenvalue weighted by molar-refractivity contribution is 7.99. The van der Waals surface area contributed by atoms with Crippen molar-refractivity contribution in [1.82, 2.24) is 15.2 Å². The van der Waals surface area contributed by atoms with Crippen LogP contribution in [-0.2, 0) is 0 Å². The second-order valence-electron chi connectivity index (χ2n) is 5.60. The largest absolute Gasteiger partial charge is 0.444 e. The second kappa shape index (κ2) is 7.13. The van der Waals surface area contributed by atoms with Crippen molar-refractivity contribution in [3.63, 3.8) is 0 Å². The summed E-state index contributed by atoms with van der Waals surface area (Å²) in [5.74, 6) is 0.959. The number of ether oxygens (including phenoxy) is 1. The number of nitrogens with one attached hydrogen (secondary N) is 1. The van der Waals surface area contributed by atoms with Gasteiger partial charge in [-0.1, -0.05) is 67.2 Å². The van der Waals surface area contributed by atoms with Crippen molar-refractivity contribution in [1.29, 1.82) is 0 Å². The Morgan fingerprint density at radius 3 is 2.69 bits per heavy atom. The standard InChI is InChI=1S/C19H16N4O2S/c1-2-26-19-21-17-15(22-23-19)13-10-6-7-11-14(13)20-18(25-17)16(24)12-8-4-3-5-9-12/h3-11,18,20H,2H2,1H3/t18-/m1/s1. The molecule has 0 bridgehead atoms. The number of aromatic nitrogens is 3. The van der Waals surface area contributed by atoms with Crippen LogP contribution in [0.3, 0.4) is 0 Å². The van der Waals surface area contributed by atoms with Gasteiger partial charge in [-0.05, 0) is 11.8 Å². The number of anilines is 1. The molecule has 1 aromatic heterocycles. The smallest absolute Gasteiger partial charge is 0.247 e. The van der Waals surface area contributed by atoms with Crippen LogP contribution in [-0.4, -0.2) is 32.9 Å². The van der Waals surface area contributed by atoms with Crippen molar-refractivity contribution >= 4 is 23.2 Å². The molecule has 3 aromatic rings. The summed E-state index contributed by atoms with van der Waals surface area (Å²) in [4.78, 5) is 17.4. The molecule has 1 aliphatic heterocycles. The maximum absolute atomic E-state index is 12.9. The van der Waals surface area contributed by atoms with E-state index in [1.54, 1.807) is 12.1 Å². The number of carbonyl (C=O) groups excluding carboxylic acids is 1. The van der Waals surface area contributed by atoms with Crippen molar-refractivity contribution in [3.8, 4) is 17.1 Å². The van der Waals surface area contributed by atoms with E-state index in [0.717, 1.165) is 17.0 Å². The first-order valence-corrected chi connectivity index (χ1v) is 9.24. The van der Waals surface area contributed by atoms with Gasteiger partial charge in [-0.2, -0.15) is 4.98 Å². The summed E-state index contributed by atoms with van der Waals surface area (Å²) in [6.07, 6.45) is -0.893. The molecule has 6 nitrogen and oxygen atoms in total. The summed E-state index contributed by atoms with van der Waals surface area (Å²) in [7, 11) is 0. The van der Waals surface area contributed by atoms with E-state index < -0.39 is 6.23 Å². The highest BCUT2D eigenvalue weighted by Crippen LogP contribution is 2.36. The first-order chi connectivity index (χ1) is 12.8. The molecular weight excluding hydrogens is 348 g/mol. The lowest BCUT2D eigenvalue weighted by Crippen LogP contribution is -2.35. The highest BCUT2D eigenvalue weighted by atomic mass is 32.2. The number of carbonyl (C=O) groups is 1. The molecule has 0 radical (unpaired) electrons. The fourth-order valence-electron chi connectivity index (χ4n) is 2.71. The molecule has 2 heterocycles. The maximum atomic E-state index is 12.9. The number of hydrogen-bond acceptors (Lipinski definition) is 7. The number of rotatable bonds is 4. The van der Waals surface area contributed by atoms with Crippen LogP contribution in [0.15, 0.2) is 59.8 Å². The summed E-state index contributed by atoms with van der Waals surface area (Å²) in [5, 5.41) is 12.1. The molecule has 1 atom stereocenters. The van der Waals surface area contributed by atoms with Gasteiger partial charge in [0.05, 0.1) is 0 Å². The molecule has 0 unspecified atom stereocenters. The van der Waals surface area contributed by atoms with E-state index in [4.69, 9.17) is 4.74 Å². The minimum absolute atomic E-state index is 0.170. The van der Waals surface area contributed by atoms with Gasteiger partial charge in [0.2, 0.25) is 23.0 Å². The number of hydrogen-bond donors (Lipinski definition) is 1. The lowest BCUT2D eigenvalue weighted by Gasteiger charge is -2.17. The summed E-state index contributed by atoms with van der Waals surface area (Å²) >= 11 is 1.47. The SMILES string of the molecule is CCSc1nnc2c(n1)O[C@H](C(=O)c1ccccc1)Nc1ccccc1-2. The summed E-state index contributed by atoms with van der Waals surface area (Å²) in [6.45, 7) is 2.01. The monoisotopic (exact) mass is 364 g/mol. The average molecular weight is 364 g/mol. The van der Waals surface area contributed by atoms with Gasteiger partial charge in [0.25, 0.3) is 0 Å². The lowest BCUT2D eigenvalue weighted by atomic mass is 10.1. The van der Waals surface area contributed by atoms with Crippen molar-refractivity contribution in [2.24, 2.45) is 0 Å². The van der Waals surface area contributed by atoms with Crippen LogP contribution in [0.4, 0.5) is 5.69 Å². The van der Waals surface area contributed by atoms with Gasteiger partial charge in [0.1, 0.15) is 0 Å². The number of thioether (sulfide) groups is 1. The Bertz CT molecular complexity index is 949. The van der Waals surface area contributed by atoms with Crippen molar-refractivity contribution < 1.29 is 9.53 Å². The number of nitrogens with zero attached hydrogens (tertiary/aromatic N) is 3. The van der Waals surface area contributed by atoms with Crippen LogP contribution >= 0.6 is 11.8 Å². The molecule has 4 rings (SSSR count). The fourth-order valence-corrected chi connectivity index (χ4v) is 3.21. The molecule has 7 heteroatoms. The van der Waals surface area contributed by atoms with E-state index >= 15 is 0 Å². The Morgan fingerprint density at radius 2 is 1.88 bits per heavy atom. The zero-order valence-corrected chi connectivity index (χ0v) is 14.9.